The zero-order valence-electron chi connectivity index (χ0n) is 27.2. The number of carbonyl (C=O) groups excluding carboxylic acids is 5. The summed E-state index contributed by atoms with van der Waals surface area (Å²) in [5.74, 6) is -2.68. The minimum Gasteiger partial charge on any atom is -0.492 e. The average molecular weight is 675 g/mol. The lowest BCUT2D eigenvalue weighted by Crippen LogP contribution is -2.61. The number of amides is 5. The van der Waals surface area contributed by atoms with Crippen LogP contribution >= 0.6 is 0 Å². The summed E-state index contributed by atoms with van der Waals surface area (Å²) in [6.45, 7) is 3.47. The molecular weight excluding hydrogens is 635 g/mol. The molecule has 4 N–H and O–H groups in total. The quantitative estimate of drug-likeness (QED) is 0.304. The maximum atomic E-state index is 14.3. The molecule has 1 saturated heterocycles. The van der Waals surface area contributed by atoms with Gasteiger partial charge in [-0.2, -0.15) is 0 Å². The number of benzene rings is 2. The monoisotopic (exact) mass is 674 g/mol. The molecule has 258 valence electrons. The first-order valence-electron chi connectivity index (χ1n) is 16.1. The Kier molecular flexibility index (Phi) is 11.1. The molecule has 0 unspecified atom stereocenters. The Balaban J connectivity index is 1.39. The molecule has 3 atom stereocenters. The Bertz CT molecular complexity index is 1660. The molecule has 1 fully saturated rings. The number of pyridine rings is 1. The molecule has 3 aliphatic rings. The molecule has 4 heterocycles. The largest absolute Gasteiger partial charge is 0.492 e. The van der Waals surface area contributed by atoms with E-state index >= 15 is 0 Å². The maximum Gasteiger partial charge on any atom is 0.264 e. The smallest absolute Gasteiger partial charge is 0.264 e. The van der Waals surface area contributed by atoms with Crippen molar-refractivity contribution >= 4 is 29.5 Å². The number of ether oxygens (including phenoxy) is 2. The lowest BCUT2D eigenvalue weighted by Gasteiger charge is -2.41. The normalized spacial score (nSPS) is 22.1. The molecule has 49 heavy (non-hydrogen) atoms. The second kappa shape index (κ2) is 15.6. The Morgan fingerprint density at radius 3 is 2.24 bits per heavy atom. The van der Waals surface area contributed by atoms with Crippen molar-refractivity contribution in [3.8, 4) is 11.5 Å². The summed E-state index contributed by atoms with van der Waals surface area (Å²) in [7, 11) is 0. The van der Waals surface area contributed by atoms with Crippen LogP contribution in [0.3, 0.4) is 0 Å². The number of nitrogens with zero attached hydrogens (tertiary/aromatic N) is 2. The van der Waals surface area contributed by atoms with Crippen LogP contribution in [0.1, 0.15) is 42.6 Å². The van der Waals surface area contributed by atoms with E-state index in [-0.39, 0.29) is 51.1 Å². The van der Waals surface area contributed by atoms with Gasteiger partial charge in [-0.05, 0) is 49.7 Å². The zero-order valence-corrected chi connectivity index (χ0v) is 27.2. The maximum absolute atomic E-state index is 14.3. The van der Waals surface area contributed by atoms with Crippen LogP contribution in [0.5, 0.6) is 11.5 Å². The van der Waals surface area contributed by atoms with E-state index < -0.39 is 59.1 Å². The highest BCUT2D eigenvalue weighted by atomic mass is 19.1. The van der Waals surface area contributed by atoms with Gasteiger partial charge >= 0.3 is 0 Å². The van der Waals surface area contributed by atoms with Gasteiger partial charge < -0.3 is 35.6 Å². The first-order chi connectivity index (χ1) is 23.5. The Labute approximate surface area is 282 Å². The van der Waals surface area contributed by atoms with Gasteiger partial charge in [0.1, 0.15) is 36.2 Å². The number of carbonyl (C=O) groups is 5. The van der Waals surface area contributed by atoms with Crippen molar-refractivity contribution in [3.05, 3.63) is 90.0 Å². The van der Waals surface area contributed by atoms with Gasteiger partial charge in [0.05, 0.1) is 18.3 Å². The molecule has 6 rings (SSSR count). The Morgan fingerprint density at radius 2 is 1.55 bits per heavy atom. The predicted molar refractivity (Wildman–Crippen MR) is 175 cm³/mol. The standard InChI is InChI=1S/C35H39FN6O7/c1-22-30(43)38-16-19-48-25-8-10-26(11-9-25)49-35(13-17-42(18-14-35)33(46)27-12-15-37-21-28(27)36)34(47)40-23(2)31(44)41-29(32(45)39-22)20-24-6-4-3-5-7-24/h3-12,15,21-23,29H,13-14,16-20H2,1-2H3,(H,38,43)(H,39,45)(H,40,47)(H,41,44)/t22-,23-,29-/m0/s1. The summed E-state index contributed by atoms with van der Waals surface area (Å²) in [4.78, 5) is 71.8. The van der Waals surface area contributed by atoms with E-state index in [1.54, 1.807) is 36.4 Å². The number of piperidine rings is 1. The van der Waals surface area contributed by atoms with E-state index in [0.717, 1.165) is 11.8 Å². The molecule has 1 spiro atoms. The number of fused-ring (bicyclic) bond motifs is 15. The van der Waals surface area contributed by atoms with E-state index in [2.05, 4.69) is 26.3 Å². The summed E-state index contributed by atoms with van der Waals surface area (Å²) in [6, 6.07) is 13.9. The highest BCUT2D eigenvalue weighted by molar-refractivity contribution is 5.96. The topological polar surface area (TPSA) is 168 Å². The van der Waals surface area contributed by atoms with Crippen LogP contribution in [-0.2, 0) is 25.6 Å². The van der Waals surface area contributed by atoms with Gasteiger partial charge in [-0.3, -0.25) is 29.0 Å². The van der Waals surface area contributed by atoms with Crippen LogP contribution in [-0.4, -0.2) is 89.4 Å². The van der Waals surface area contributed by atoms with Crippen LogP contribution < -0.4 is 30.7 Å². The summed E-state index contributed by atoms with van der Waals surface area (Å²) in [5, 5.41) is 10.8. The molecule has 14 heteroatoms. The van der Waals surface area contributed by atoms with Crippen LogP contribution in [0.2, 0.25) is 0 Å². The van der Waals surface area contributed by atoms with Crippen LogP contribution in [0.4, 0.5) is 4.39 Å². The van der Waals surface area contributed by atoms with Crippen molar-refractivity contribution in [1.82, 2.24) is 31.2 Å². The van der Waals surface area contributed by atoms with Gasteiger partial charge in [0, 0.05) is 38.5 Å². The number of nitrogens with one attached hydrogen (secondary N) is 4. The first kappa shape index (κ1) is 34.8. The van der Waals surface area contributed by atoms with Gasteiger partial charge in [0.2, 0.25) is 17.7 Å². The molecule has 1 aromatic heterocycles. The van der Waals surface area contributed by atoms with Gasteiger partial charge in [-0.1, -0.05) is 30.3 Å². The lowest BCUT2D eigenvalue weighted by atomic mass is 9.89. The van der Waals surface area contributed by atoms with E-state index in [4.69, 9.17) is 9.47 Å². The third-order valence-electron chi connectivity index (χ3n) is 8.49. The number of halogens is 1. The zero-order chi connectivity index (χ0) is 35.0. The molecule has 0 saturated carbocycles. The minimum atomic E-state index is -1.49. The highest BCUT2D eigenvalue weighted by Gasteiger charge is 2.46. The highest BCUT2D eigenvalue weighted by Crippen LogP contribution is 2.31. The van der Waals surface area contributed by atoms with Gasteiger partial charge in [-0.25, -0.2) is 4.39 Å². The number of likely N-dealkylation sites (tertiary alicyclic amines) is 1. The summed E-state index contributed by atoms with van der Waals surface area (Å²) in [5.41, 5.74) is -0.850. The molecule has 0 aliphatic carbocycles. The Morgan fingerprint density at radius 1 is 0.878 bits per heavy atom. The van der Waals surface area contributed by atoms with E-state index in [0.29, 0.717) is 11.5 Å². The second-order valence-corrected chi connectivity index (χ2v) is 12.0. The van der Waals surface area contributed by atoms with E-state index in [1.807, 2.05) is 18.2 Å². The summed E-state index contributed by atoms with van der Waals surface area (Å²) < 4.78 is 26.4. The first-order valence-corrected chi connectivity index (χ1v) is 16.1. The third kappa shape index (κ3) is 8.69. The molecule has 5 amide bonds. The molecule has 13 nitrogen and oxygen atoms in total. The predicted octanol–water partition coefficient (Wildman–Crippen LogP) is 1.52. The number of rotatable bonds is 3. The number of aromatic nitrogens is 1. The minimum absolute atomic E-state index is 0.0422. The molecule has 3 aromatic rings. The number of hydrogen-bond donors (Lipinski definition) is 4. The number of hydrogen-bond acceptors (Lipinski definition) is 8. The fourth-order valence-electron chi connectivity index (χ4n) is 5.62. The van der Waals surface area contributed by atoms with E-state index in [9.17, 15) is 28.4 Å². The molecule has 2 aromatic carbocycles. The molecule has 2 bridgehead atoms. The third-order valence-corrected chi connectivity index (χ3v) is 8.49. The summed E-state index contributed by atoms with van der Waals surface area (Å²) >= 11 is 0. The molecular formula is C35H39FN6O7. The fraction of sp³-hybridized carbons (Fsp3) is 0.371. The fourth-order valence-corrected chi connectivity index (χ4v) is 5.62. The lowest BCUT2D eigenvalue weighted by molar-refractivity contribution is -0.143. The summed E-state index contributed by atoms with van der Waals surface area (Å²) in [6.07, 6.45) is 2.51. The van der Waals surface area contributed by atoms with Gasteiger partial charge in [0.15, 0.2) is 11.4 Å². The molecule has 0 radical (unpaired) electrons. The SMILES string of the molecule is C[C@@H]1NC(=O)[C@H](Cc2ccccc2)NC(=O)[C@H](C)NC(=O)C2(CCN(C(=O)c3ccncc3F)CC2)Oc2ccc(cc2)OCCNC1=O. The van der Waals surface area contributed by atoms with Crippen LogP contribution in [0.25, 0.3) is 0 Å². The van der Waals surface area contributed by atoms with Crippen molar-refractivity contribution in [2.75, 3.05) is 26.2 Å². The van der Waals surface area contributed by atoms with E-state index in [1.165, 1.54) is 31.0 Å². The van der Waals surface area contributed by atoms with Crippen molar-refractivity contribution < 1.29 is 37.8 Å². The molecule has 3 aliphatic heterocycles. The average Bonchev–Trinajstić information content (AvgIpc) is 3.10. The van der Waals surface area contributed by atoms with Gasteiger partial charge in [-0.15, -0.1) is 0 Å². The van der Waals surface area contributed by atoms with Gasteiger partial charge in [0.25, 0.3) is 11.8 Å². The van der Waals surface area contributed by atoms with Crippen molar-refractivity contribution in [1.29, 1.82) is 0 Å². The van der Waals surface area contributed by atoms with Crippen molar-refractivity contribution in [2.24, 2.45) is 0 Å². The van der Waals surface area contributed by atoms with Crippen LogP contribution in [0, 0.1) is 5.82 Å². The van der Waals surface area contributed by atoms with Crippen molar-refractivity contribution in [2.45, 2.75) is 56.8 Å². The Hall–Kier alpha value is -5.53. The van der Waals surface area contributed by atoms with Crippen molar-refractivity contribution in [3.63, 3.8) is 0 Å². The second-order valence-electron chi connectivity index (χ2n) is 12.0. The van der Waals surface area contributed by atoms with Crippen LogP contribution in [0.15, 0.2) is 73.1 Å².